The molecule has 0 aliphatic carbocycles. The van der Waals surface area contributed by atoms with Gasteiger partial charge in [0.2, 0.25) is 12.7 Å². The summed E-state index contributed by atoms with van der Waals surface area (Å²) in [6.45, 7) is 3.25. The molecule has 0 radical (unpaired) electrons. The van der Waals surface area contributed by atoms with Gasteiger partial charge in [0.1, 0.15) is 11.4 Å². The van der Waals surface area contributed by atoms with Gasteiger partial charge in [0.15, 0.2) is 22.7 Å². The zero-order valence-electron chi connectivity index (χ0n) is 17.3. The number of rotatable bonds is 7. The molecule has 1 aliphatic heterocycles. The van der Waals surface area contributed by atoms with E-state index in [1.165, 1.54) is 23.7 Å². The molecular weight excluding hydrogens is 428 g/mol. The number of aryl methyl sites for hydroxylation is 1. The van der Waals surface area contributed by atoms with Crippen molar-refractivity contribution in [3.05, 3.63) is 65.5 Å². The normalized spacial score (nSPS) is 12.3. The quantitative estimate of drug-likeness (QED) is 0.340. The van der Waals surface area contributed by atoms with E-state index in [0.29, 0.717) is 35.0 Å². The van der Waals surface area contributed by atoms with Crippen molar-refractivity contribution in [3.8, 4) is 11.5 Å². The summed E-state index contributed by atoms with van der Waals surface area (Å²) in [5.74, 6) is 1.52. The molecule has 0 atom stereocenters. The van der Waals surface area contributed by atoms with Gasteiger partial charge in [0, 0.05) is 6.54 Å². The highest BCUT2D eigenvalue weighted by molar-refractivity contribution is 8.00. The Morgan fingerprint density at radius 1 is 1.09 bits per heavy atom. The van der Waals surface area contributed by atoms with E-state index in [9.17, 15) is 4.79 Å². The fourth-order valence-electron chi connectivity index (χ4n) is 3.29. The topological polar surface area (TPSA) is 104 Å². The van der Waals surface area contributed by atoms with Crippen LogP contribution >= 0.6 is 11.8 Å². The first-order chi connectivity index (χ1) is 15.7. The summed E-state index contributed by atoms with van der Waals surface area (Å²) in [5, 5.41) is 12.0. The molecule has 1 amide bonds. The van der Waals surface area contributed by atoms with Crippen LogP contribution in [0.15, 0.2) is 53.8 Å². The molecule has 0 saturated carbocycles. The van der Waals surface area contributed by atoms with E-state index in [4.69, 9.17) is 9.47 Å². The molecule has 162 valence electrons. The number of amides is 1. The van der Waals surface area contributed by atoms with Gasteiger partial charge in [-0.2, -0.15) is 0 Å². The first-order valence-corrected chi connectivity index (χ1v) is 11.0. The molecule has 9 nitrogen and oxygen atoms in total. The lowest BCUT2D eigenvalue weighted by Crippen LogP contribution is -2.24. The minimum absolute atomic E-state index is 0.105. The third-order valence-corrected chi connectivity index (χ3v) is 5.96. The van der Waals surface area contributed by atoms with Gasteiger partial charge in [-0.15, -0.1) is 5.10 Å². The number of hydrogen-bond acceptors (Lipinski definition) is 8. The van der Waals surface area contributed by atoms with E-state index < -0.39 is 0 Å². The number of hydrogen-bond donors (Lipinski definition) is 1. The van der Waals surface area contributed by atoms with Crippen molar-refractivity contribution >= 4 is 28.8 Å². The van der Waals surface area contributed by atoms with Crippen molar-refractivity contribution in [1.29, 1.82) is 0 Å². The zero-order valence-corrected chi connectivity index (χ0v) is 18.1. The smallest absolute Gasteiger partial charge is 0.231 e. The van der Waals surface area contributed by atoms with Gasteiger partial charge in [-0.25, -0.2) is 14.6 Å². The highest BCUT2D eigenvalue weighted by atomic mass is 32.2. The standard InChI is InChI=1S/C22H20N6O3S/c1-14-2-4-15(5-3-14)10-28-21-20(26-27-28)22(25-12-24-21)32-11-19(29)23-9-16-6-7-17-18(8-16)31-13-30-17/h2-8,12H,9-11,13H2,1H3,(H,23,29). The van der Waals surface area contributed by atoms with Gasteiger partial charge in [-0.05, 0) is 30.2 Å². The average Bonchev–Trinajstić information content (AvgIpc) is 3.45. The van der Waals surface area contributed by atoms with Crippen LogP contribution in [0.4, 0.5) is 0 Å². The summed E-state index contributed by atoms with van der Waals surface area (Å²) >= 11 is 1.31. The number of nitrogens with one attached hydrogen (secondary N) is 1. The number of carbonyl (C=O) groups is 1. The third kappa shape index (κ3) is 4.35. The number of ether oxygens (including phenoxy) is 2. The molecule has 2 aromatic heterocycles. The van der Waals surface area contributed by atoms with Crippen LogP contribution in [-0.2, 0) is 17.9 Å². The summed E-state index contributed by atoms with van der Waals surface area (Å²) < 4.78 is 12.4. The Morgan fingerprint density at radius 2 is 1.91 bits per heavy atom. The molecule has 0 saturated heterocycles. The van der Waals surface area contributed by atoms with E-state index in [1.54, 1.807) is 4.68 Å². The average molecular weight is 449 g/mol. The van der Waals surface area contributed by atoms with Crippen LogP contribution in [0.2, 0.25) is 0 Å². The maximum absolute atomic E-state index is 12.4. The fraction of sp³-hybridized carbons (Fsp3) is 0.227. The Hall–Kier alpha value is -3.66. The number of thioether (sulfide) groups is 1. The number of carbonyl (C=O) groups excluding carboxylic acids is 1. The van der Waals surface area contributed by atoms with Crippen LogP contribution in [0.1, 0.15) is 16.7 Å². The predicted octanol–water partition coefficient (Wildman–Crippen LogP) is 2.72. The Morgan fingerprint density at radius 3 is 2.78 bits per heavy atom. The van der Waals surface area contributed by atoms with Crippen LogP contribution in [-0.4, -0.2) is 43.4 Å². The molecular formula is C22H20N6O3S. The van der Waals surface area contributed by atoms with Crippen molar-refractivity contribution in [1.82, 2.24) is 30.3 Å². The van der Waals surface area contributed by atoms with Gasteiger partial charge in [-0.3, -0.25) is 4.79 Å². The van der Waals surface area contributed by atoms with Gasteiger partial charge in [0.25, 0.3) is 0 Å². The lowest BCUT2D eigenvalue weighted by Gasteiger charge is -2.06. The largest absolute Gasteiger partial charge is 0.454 e. The van der Waals surface area contributed by atoms with Crippen LogP contribution in [0.5, 0.6) is 11.5 Å². The predicted molar refractivity (Wildman–Crippen MR) is 119 cm³/mol. The molecule has 3 heterocycles. The van der Waals surface area contributed by atoms with E-state index in [2.05, 4.69) is 56.8 Å². The first-order valence-electron chi connectivity index (χ1n) is 10.0. The van der Waals surface area contributed by atoms with E-state index in [-0.39, 0.29) is 18.5 Å². The van der Waals surface area contributed by atoms with Crippen LogP contribution < -0.4 is 14.8 Å². The second kappa shape index (κ2) is 8.83. The molecule has 32 heavy (non-hydrogen) atoms. The number of nitrogens with zero attached hydrogens (tertiary/aromatic N) is 5. The second-order valence-electron chi connectivity index (χ2n) is 7.34. The third-order valence-electron chi connectivity index (χ3n) is 4.99. The lowest BCUT2D eigenvalue weighted by atomic mass is 10.1. The minimum atomic E-state index is -0.105. The molecule has 4 aromatic rings. The molecule has 1 N–H and O–H groups in total. The summed E-state index contributed by atoms with van der Waals surface area (Å²) in [5.41, 5.74) is 4.49. The van der Waals surface area contributed by atoms with Crippen LogP contribution in [0, 0.1) is 6.92 Å². The van der Waals surface area contributed by atoms with Gasteiger partial charge >= 0.3 is 0 Å². The highest BCUT2D eigenvalue weighted by Crippen LogP contribution is 2.32. The Balaban J connectivity index is 1.21. The van der Waals surface area contributed by atoms with Crippen molar-refractivity contribution in [3.63, 3.8) is 0 Å². The molecule has 0 fully saturated rings. The van der Waals surface area contributed by atoms with E-state index >= 15 is 0 Å². The summed E-state index contributed by atoms with van der Waals surface area (Å²) in [6, 6.07) is 13.9. The van der Waals surface area contributed by atoms with E-state index in [0.717, 1.165) is 16.9 Å². The number of aromatic nitrogens is 5. The summed E-state index contributed by atoms with van der Waals surface area (Å²) in [4.78, 5) is 21.0. The van der Waals surface area contributed by atoms with Crippen molar-refractivity contribution in [2.75, 3.05) is 12.5 Å². The van der Waals surface area contributed by atoms with E-state index in [1.807, 2.05) is 18.2 Å². The molecule has 0 unspecified atom stereocenters. The maximum Gasteiger partial charge on any atom is 0.231 e. The molecule has 5 rings (SSSR count). The molecule has 0 bridgehead atoms. The Bertz CT molecular complexity index is 1270. The SMILES string of the molecule is Cc1ccc(Cn2nnc3c(SCC(=O)NCc4ccc5c(c4)OCO5)ncnc32)cc1. The maximum atomic E-state index is 12.4. The lowest BCUT2D eigenvalue weighted by molar-refractivity contribution is -0.118. The van der Waals surface area contributed by atoms with Crippen molar-refractivity contribution < 1.29 is 14.3 Å². The monoisotopic (exact) mass is 448 g/mol. The zero-order chi connectivity index (χ0) is 21.9. The number of benzene rings is 2. The molecule has 2 aromatic carbocycles. The van der Waals surface area contributed by atoms with Crippen molar-refractivity contribution in [2.24, 2.45) is 0 Å². The highest BCUT2D eigenvalue weighted by Gasteiger charge is 2.15. The van der Waals surface area contributed by atoms with Crippen LogP contribution in [0.25, 0.3) is 11.2 Å². The summed E-state index contributed by atoms with van der Waals surface area (Å²) in [7, 11) is 0. The molecule has 1 aliphatic rings. The van der Waals surface area contributed by atoms with Gasteiger partial charge < -0.3 is 14.8 Å². The molecule has 0 spiro atoms. The Kier molecular flexibility index (Phi) is 5.59. The number of fused-ring (bicyclic) bond motifs is 2. The van der Waals surface area contributed by atoms with Crippen molar-refractivity contribution in [2.45, 2.75) is 25.0 Å². The Labute approximate surface area is 188 Å². The second-order valence-corrected chi connectivity index (χ2v) is 8.30. The molecule has 10 heteroatoms. The van der Waals surface area contributed by atoms with Gasteiger partial charge in [-0.1, -0.05) is 52.9 Å². The fourth-order valence-corrected chi connectivity index (χ4v) is 4.05. The van der Waals surface area contributed by atoms with Crippen LogP contribution in [0.3, 0.4) is 0 Å². The summed E-state index contributed by atoms with van der Waals surface area (Å²) in [6.07, 6.45) is 1.48. The first kappa shape index (κ1) is 20.3. The minimum Gasteiger partial charge on any atom is -0.454 e. The van der Waals surface area contributed by atoms with Gasteiger partial charge in [0.05, 0.1) is 12.3 Å².